The van der Waals surface area contributed by atoms with Gasteiger partial charge in [-0.1, -0.05) is 6.92 Å². The Morgan fingerprint density at radius 3 is 2.78 bits per heavy atom. The fourth-order valence-electron chi connectivity index (χ4n) is 0.268. The van der Waals surface area contributed by atoms with Gasteiger partial charge in [0.15, 0.2) is 0 Å². The van der Waals surface area contributed by atoms with Crippen molar-refractivity contribution in [3.8, 4) is 0 Å². The second-order valence-electron chi connectivity index (χ2n) is 1.61. The molecular weight excluding hydrogens is 120 g/mol. The van der Waals surface area contributed by atoms with E-state index in [0.29, 0.717) is 0 Å². The predicted molar refractivity (Wildman–Crippen MR) is 33.2 cm³/mol. The molecule has 0 heterocycles. The molecule has 3 heteroatoms. The zero-order chi connectivity index (χ0) is 8.15. The van der Waals surface area contributed by atoms with Gasteiger partial charge in [-0.2, -0.15) is 0 Å². The molecular formula is C6H12O3. The van der Waals surface area contributed by atoms with E-state index in [4.69, 9.17) is 1.37 Å². The molecule has 0 saturated heterocycles. The van der Waals surface area contributed by atoms with Crippen molar-refractivity contribution in [3.63, 3.8) is 0 Å². The van der Waals surface area contributed by atoms with Crippen molar-refractivity contribution < 1.29 is 15.6 Å². The van der Waals surface area contributed by atoms with Crippen LogP contribution in [0.25, 0.3) is 0 Å². The molecule has 0 bridgehead atoms. The Labute approximate surface area is 56.4 Å². The van der Waals surface area contributed by atoms with E-state index in [1.165, 1.54) is 7.11 Å². The van der Waals surface area contributed by atoms with Crippen molar-refractivity contribution in [1.29, 1.82) is 0 Å². The summed E-state index contributed by atoms with van der Waals surface area (Å²) in [7, 11) is 1.24. The topological polar surface area (TPSA) is 35.5 Å². The number of rotatable bonds is 2. The third-order valence-corrected chi connectivity index (χ3v) is 0.918. The Kier molecular flexibility index (Phi) is 2.97. The maximum atomic E-state index is 10.4. The highest BCUT2D eigenvalue weighted by atomic mass is 16.7. The van der Waals surface area contributed by atoms with E-state index in [2.05, 4.69) is 9.47 Å². The van der Waals surface area contributed by atoms with Crippen LogP contribution in [0.3, 0.4) is 0 Å². The Hall–Kier alpha value is -0.730. The molecule has 0 aromatic rings. The van der Waals surface area contributed by atoms with Crippen LogP contribution in [0, 0.1) is 0 Å². The number of hydrogen-bond donors (Lipinski definition) is 0. The van der Waals surface area contributed by atoms with Gasteiger partial charge < -0.3 is 9.47 Å². The lowest BCUT2D eigenvalue weighted by atomic mass is 10.3. The summed E-state index contributed by atoms with van der Waals surface area (Å²) in [6, 6.07) is 0. The first-order valence-electron chi connectivity index (χ1n) is 3.32. The van der Waals surface area contributed by atoms with Gasteiger partial charge in [-0.15, -0.1) is 0 Å². The lowest BCUT2D eigenvalue weighted by Crippen LogP contribution is -2.13. The highest BCUT2D eigenvalue weighted by Crippen LogP contribution is 1.96. The Balaban J connectivity index is 3.57. The van der Waals surface area contributed by atoms with Crippen LogP contribution >= 0.6 is 0 Å². The van der Waals surface area contributed by atoms with Crippen LogP contribution < -0.4 is 0 Å². The average molecular weight is 133 g/mol. The zero-order valence-corrected chi connectivity index (χ0v) is 5.88. The minimum atomic E-state index is -0.730. The van der Waals surface area contributed by atoms with Crippen molar-refractivity contribution in [2.75, 3.05) is 7.11 Å². The second kappa shape index (κ2) is 4.18. The highest BCUT2D eigenvalue weighted by molar-refractivity contribution is 5.59. The summed E-state index contributed by atoms with van der Waals surface area (Å²) in [6.07, 6.45) is -1.56. The maximum Gasteiger partial charge on any atom is 0.508 e. The molecule has 0 unspecified atom stereocenters. The van der Waals surface area contributed by atoms with Crippen molar-refractivity contribution in [1.82, 2.24) is 0 Å². The summed E-state index contributed by atoms with van der Waals surface area (Å²) in [5, 5.41) is 0. The Bertz CT molecular complexity index is 114. The van der Waals surface area contributed by atoms with E-state index in [1.807, 2.05) is 0 Å². The minimum Gasteiger partial charge on any atom is -0.438 e. The van der Waals surface area contributed by atoms with Crippen molar-refractivity contribution in [3.05, 3.63) is 0 Å². The third kappa shape index (κ3) is 3.82. The van der Waals surface area contributed by atoms with E-state index in [9.17, 15) is 4.79 Å². The summed E-state index contributed by atoms with van der Waals surface area (Å²) < 4.78 is 16.0. The summed E-state index contributed by atoms with van der Waals surface area (Å²) in [5.41, 5.74) is 0. The first-order valence-corrected chi connectivity index (χ1v) is 2.74. The molecule has 0 aliphatic rings. The molecule has 0 rings (SSSR count). The van der Waals surface area contributed by atoms with Crippen LogP contribution in [-0.2, 0) is 9.47 Å². The van der Waals surface area contributed by atoms with Crippen LogP contribution in [-0.4, -0.2) is 19.4 Å². The van der Waals surface area contributed by atoms with Crippen molar-refractivity contribution in [2.24, 2.45) is 0 Å². The Morgan fingerprint density at radius 1 is 1.89 bits per heavy atom. The molecule has 0 fully saturated rings. The standard InChI is InChI=1S/C6H12O3/c1-4-5(2)9-6(7)8-3/h5H,4H2,1-3H3/t5-/m1/s1/i4D/t4-,5-. The molecule has 0 saturated carbocycles. The lowest BCUT2D eigenvalue weighted by Gasteiger charge is -2.07. The van der Waals surface area contributed by atoms with Gasteiger partial charge >= 0.3 is 6.16 Å². The molecule has 0 spiro atoms. The molecule has 0 N–H and O–H groups in total. The van der Waals surface area contributed by atoms with E-state index >= 15 is 0 Å². The van der Waals surface area contributed by atoms with Gasteiger partial charge in [0.2, 0.25) is 0 Å². The first kappa shape index (κ1) is 6.39. The van der Waals surface area contributed by atoms with Gasteiger partial charge in [-0.3, -0.25) is 0 Å². The van der Waals surface area contributed by atoms with E-state index in [1.54, 1.807) is 13.8 Å². The predicted octanol–water partition coefficient (Wildman–Crippen LogP) is 1.57. The quantitative estimate of drug-likeness (QED) is 0.536. The average Bonchev–Trinajstić information content (AvgIpc) is 1.87. The van der Waals surface area contributed by atoms with Gasteiger partial charge in [-0.25, -0.2) is 4.79 Å². The fourth-order valence-corrected chi connectivity index (χ4v) is 0.268. The van der Waals surface area contributed by atoms with Gasteiger partial charge in [0.25, 0.3) is 0 Å². The molecule has 2 atom stereocenters. The van der Waals surface area contributed by atoms with Gasteiger partial charge in [0, 0.05) is 1.37 Å². The Morgan fingerprint density at radius 2 is 2.44 bits per heavy atom. The van der Waals surface area contributed by atoms with Crippen LogP contribution in [0.4, 0.5) is 4.79 Å². The van der Waals surface area contributed by atoms with Crippen molar-refractivity contribution in [2.45, 2.75) is 26.3 Å². The van der Waals surface area contributed by atoms with Crippen LogP contribution in [0.1, 0.15) is 21.6 Å². The largest absolute Gasteiger partial charge is 0.508 e. The molecule has 54 valence electrons. The number of hydrogen-bond acceptors (Lipinski definition) is 3. The normalized spacial score (nSPS) is 17.4. The molecule has 9 heavy (non-hydrogen) atoms. The van der Waals surface area contributed by atoms with Crippen molar-refractivity contribution >= 4 is 6.16 Å². The van der Waals surface area contributed by atoms with Gasteiger partial charge in [-0.05, 0) is 13.3 Å². The smallest absolute Gasteiger partial charge is 0.438 e. The lowest BCUT2D eigenvalue weighted by molar-refractivity contribution is 0.0423. The molecule has 0 aromatic heterocycles. The third-order valence-electron chi connectivity index (χ3n) is 0.918. The SMILES string of the molecule is [2H][C@H](C)[C@@H](C)OC(=O)OC. The summed E-state index contributed by atoms with van der Waals surface area (Å²) in [6.45, 7) is 3.29. The highest BCUT2D eigenvalue weighted by Gasteiger charge is 2.04. The van der Waals surface area contributed by atoms with Gasteiger partial charge in [0.1, 0.15) is 6.10 Å². The van der Waals surface area contributed by atoms with Crippen LogP contribution in [0.2, 0.25) is 0 Å². The molecule has 3 nitrogen and oxygen atoms in total. The molecule has 0 aliphatic heterocycles. The van der Waals surface area contributed by atoms with Gasteiger partial charge in [0.05, 0.1) is 7.11 Å². The summed E-state index contributed by atoms with van der Waals surface area (Å²) >= 11 is 0. The molecule has 0 aromatic carbocycles. The zero-order valence-electron chi connectivity index (χ0n) is 6.88. The van der Waals surface area contributed by atoms with E-state index < -0.39 is 18.7 Å². The van der Waals surface area contributed by atoms with E-state index in [-0.39, 0.29) is 0 Å². The van der Waals surface area contributed by atoms with E-state index in [0.717, 1.165) is 0 Å². The van der Waals surface area contributed by atoms with Crippen LogP contribution in [0.5, 0.6) is 0 Å². The summed E-state index contributed by atoms with van der Waals surface area (Å²) in [5.74, 6) is 0. The summed E-state index contributed by atoms with van der Waals surface area (Å²) in [4.78, 5) is 10.4. The monoisotopic (exact) mass is 133 g/mol. The number of carbonyl (C=O) groups excluding carboxylic acids is 1. The fraction of sp³-hybridized carbons (Fsp3) is 0.833. The number of methoxy groups -OCH3 is 1. The molecule has 0 amide bonds. The van der Waals surface area contributed by atoms with Crippen LogP contribution in [0.15, 0.2) is 0 Å². The molecule has 0 radical (unpaired) electrons. The maximum absolute atomic E-state index is 10.4. The first-order chi connectivity index (χ1) is 4.57. The number of carbonyl (C=O) groups is 1. The minimum absolute atomic E-state index is 0.410. The number of ether oxygens (including phenoxy) is 2. The second-order valence-corrected chi connectivity index (χ2v) is 1.61. The molecule has 0 aliphatic carbocycles.